The average Bonchev–Trinajstić information content (AvgIpc) is 3.14. The maximum Gasteiger partial charge on any atom is 0.136 e. The van der Waals surface area contributed by atoms with Crippen LogP contribution in [0.2, 0.25) is 0 Å². The number of nitrogen functional groups attached to an aromatic ring is 1. The molecular formula is C13H15N3O. The number of fused-ring (bicyclic) bond motifs is 1. The molecule has 4 nitrogen and oxygen atoms in total. The van der Waals surface area contributed by atoms with Crippen molar-refractivity contribution in [2.45, 2.75) is 18.9 Å². The Hall–Kier alpha value is -1.97. The van der Waals surface area contributed by atoms with Gasteiger partial charge < -0.3 is 15.8 Å². The lowest BCUT2D eigenvalue weighted by Gasteiger charge is -2.12. The molecule has 0 radical (unpaired) electrons. The van der Waals surface area contributed by atoms with Gasteiger partial charge in [0.05, 0.1) is 12.5 Å². The van der Waals surface area contributed by atoms with E-state index >= 15 is 0 Å². The molecule has 0 amide bonds. The lowest BCUT2D eigenvalue weighted by atomic mass is 10.1. The highest BCUT2D eigenvalue weighted by molar-refractivity contribution is 6.04. The maximum atomic E-state index is 6.04. The second kappa shape index (κ2) is 3.80. The van der Waals surface area contributed by atoms with Crippen molar-refractivity contribution in [3.05, 3.63) is 24.4 Å². The Morgan fingerprint density at radius 1 is 1.35 bits per heavy atom. The van der Waals surface area contributed by atoms with Crippen LogP contribution in [-0.2, 0) is 0 Å². The van der Waals surface area contributed by atoms with Crippen LogP contribution in [0.15, 0.2) is 24.4 Å². The molecule has 4 heteroatoms. The Bertz CT molecular complexity index is 564. The predicted molar refractivity (Wildman–Crippen MR) is 69.4 cm³/mol. The Morgan fingerprint density at radius 3 is 2.88 bits per heavy atom. The molecule has 1 fully saturated rings. The van der Waals surface area contributed by atoms with E-state index in [0.29, 0.717) is 6.04 Å². The fraction of sp³-hybridized carbons (Fsp3) is 0.308. The summed E-state index contributed by atoms with van der Waals surface area (Å²) in [6.45, 7) is 0. The van der Waals surface area contributed by atoms with Crippen molar-refractivity contribution >= 4 is 22.3 Å². The van der Waals surface area contributed by atoms with Crippen LogP contribution in [0.1, 0.15) is 12.8 Å². The minimum atomic E-state index is 0.554. The van der Waals surface area contributed by atoms with Gasteiger partial charge in [-0.15, -0.1) is 0 Å². The van der Waals surface area contributed by atoms with Gasteiger partial charge in [0.15, 0.2) is 0 Å². The van der Waals surface area contributed by atoms with Gasteiger partial charge >= 0.3 is 0 Å². The molecule has 1 aliphatic carbocycles. The Morgan fingerprint density at radius 2 is 2.18 bits per heavy atom. The Labute approximate surface area is 99.8 Å². The van der Waals surface area contributed by atoms with Gasteiger partial charge in [0.1, 0.15) is 11.6 Å². The number of hydrogen-bond acceptors (Lipinski definition) is 4. The molecule has 88 valence electrons. The molecule has 0 unspecified atom stereocenters. The number of pyridine rings is 1. The Balaban J connectivity index is 2.21. The second-order valence-electron chi connectivity index (χ2n) is 4.36. The van der Waals surface area contributed by atoms with E-state index in [-0.39, 0.29) is 0 Å². The highest BCUT2D eigenvalue weighted by Crippen LogP contribution is 2.35. The zero-order valence-corrected chi connectivity index (χ0v) is 9.73. The zero-order valence-electron chi connectivity index (χ0n) is 9.73. The molecule has 1 saturated carbocycles. The van der Waals surface area contributed by atoms with E-state index in [1.165, 1.54) is 12.8 Å². The molecule has 0 spiro atoms. The first kappa shape index (κ1) is 10.2. The third kappa shape index (κ3) is 1.75. The third-order valence-electron chi connectivity index (χ3n) is 3.06. The van der Waals surface area contributed by atoms with Gasteiger partial charge in [-0.25, -0.2) is 4.98 Å². The van der Waals surface area contributed by atoms with Crippen LogP contribution < -0.4 is 15.8 Å². The van der Waals surface area contributed by atoms with E-state index in [2.05, 4.69) is 10.3 Å². The van der Waals surface area contributed by atoms with E-state index in [1.54, 1.807) is 13.3 Å². The molecule has 1 heterocycles. The first-order valence-corrected chi connectivity index (χ1v) is 5.77. The number of hydrogen-bond donors (Lipinski definition) is 2. The van der Waals surface area contributed by atoms with Gasteiger partial charge in [-0.2, -0.15) is 0 Å². The van der Waals surface area contributed by atoms with E-state index in [0.717, 1.165) is 28.0 Å². The molecule has 1 aromatic carbocycles. The summed E-state index contributed by atoms with van der Waals surface area (Å²) in [6.07, 6.45) is 4.21. The monoisotopic (exact) mass is 229 g/mol. The summed E-state index contributed by atoms with van der Waals surface area (Å²) in [4.78, 5) is 4.38. The lowest BCUT2D eigenvalue weighted by Crippen LogP contribution is -2.04. The van der Waals surface area contributed by atoms with Crippen molar-refractivity contribution in [3.8, 4) is 5.75 Å². The van der Waals surface area contributed by atoms with Crippen LogP contribution in [0.5, 0.6) is 5.75 Å². The van der Waals surface area contributed by atoms with E-state index < -0.39 is 0 Å². The average molecular weight is 229 g/mol. The number of aromatic nitrogens is 1. The van der Waals surface area contributed by atoms with Crippen molar-refractivity contribution in [1.82, 2.24) is 4.98 Å². The van der Waals surface area contributed by atoms with Crippen LogP contribution >= 0.6 is 0 Å². The molecule has 1 aliphatic rings. The molecule has 17 heavy (non-hydrogen) atoms. The number of nitrogens with one attached hydrogen (secondary N) is 1. The quantitative estimate of drug-likeness (QED) is 0.793. The fourth-order valence-corrected chi connectivity index (χ4v) is 2.01. The first-order chi connectivity index (χ1) is 8.29. The number of anilines is 2. The topological polar surface area (TPSA) is 60.2 Å². The molecule has 3 N–H and O–H groups in total. The van der Waals surface area contributed by atoms with E-state index in [1.807, 2.05) is 18.2 Å². The van der Waals surface area contributed by atoms with Crippen molar-refractivity contribution in [2.75, 3.05) is 18.2 Å². The molecule has 0 atom stereocenters. The Kier molecular flexibility index (Phi) is 2.28. The van der Waals surface area contributed by atoms with Crippen molar-refractivity contribution < 1.29 is 4.74 Å². The van der Waals surface area contributed by atoms with Gasteiger partial charge in [-0.05, 0) is 31.0 Å². The number of benzene rings is 1. The van der Waals surface area contributed by atoms with E-state index in [4.69, 9.17) is 10.5 Å². The summed E-state index contributed by atoms with van der Waals surface area (Å²) >= 11 is 0. The van der Waals surface area contributed by atoms with Crippen molar-refractivity contribution in [2.24, 2.45) is 0 Å². The van der Waals surface area contributed by atoms with Gasteiger partial charge in [-0.3, -0.25) is 0 Å². The second-order valence-corrected chi connectivity index (χ2v) is 4.36. The highest BCUT2D eigenvalue weighted by atomic mass is 16.5. The predicted octanol–water partition coefficient (Wildman–Crippen LogP) is 2.40. The summed E-state index contributed by atoms with van der Waals surface area (Å²) in [5.41, 5.74) is 6.77. The third-order valence-corrected chi connectivity index (χ3v) is 3.06. The van der Waals surface area contributed by atoms with Crippen LogP contribution in [0, 0.1) is 0 Å². The SMILES string of the molecule is COc1ccc(N)c2c(NC3CC3)nccc12. The fourth-order valence-electron chi connectivity index (χ4n) is 2.01. The smallest absolute Gasteiger partial charge is 0.136 e. The first-order valence-electron chi connectivity index (χ1n) is 5.77. The minimum absolute atomic E-state index is 0.554. The van der Waals surface area contributed by atoms with Gasteiger partial charge in [0.2, 0.25) is 0 Å². The molecule has 3 rings (SSSR count). The van der Waals surface area contributed by atoms with Crippen LogP contribution in [-0.4, -0.2) is 18.1 Å². The minimum Gasteiger partial charge on any atom is -0.496 e. The largest absolute Gasteiger partial charge is 0.496 e. The number of nitrogens with zero attached hydrogens (tertiary/aromatic N) is 1. The lowest BCUT2D eigenvalue weighted by molar-refractivity contribution is 0.420. The van der Waals surface area contributed by atoms with Gasteiger partial charge in [0, 0.05) is 23.3 Å². The maximum absolute atomic E-state index is 6.04. The van der Waals surface area contributed by atoms with Crippen LogP contribution in [0.4, 0.5) is 11.5 Å². The normalized spacial score (nSPS) is 14.9. The molecule has 0 bridgehead atoms. The van der Waals surface area contributed by atoms with Crippen LogP contribution in [0.3, 0.4) is 0 Å². The standard InChI is InChI=1S/C13H15N3O/c1-17-11-5-4-10(14)12-9(11)6-7-15-13(12)16-8-2-3-8/h4-8H,2-3,14H2,1H3,(H,15,16). The van der Waals surface area contributed by atoms with Crippen LogP contribution in [0.25, 0.3) is 10.8 Å². The number of ether oxygens (including phenoxy) is 1. The summed E-state index contributed by atoms with van der Waals surface area (Å²) in [5, 5.41) is 5.37. The van der Waals surface area contributed by atoms with Gasteiger partial charge in [0.25, 0.3) is 0 Å². The molecule has 1 aromatic heterocycles. The molecule has 0 aliphatic heterocycles. The molecule has 2 aromatic rings. The van der Waals surface area contributed by atoms with E-state index in [9.17, 15) is 0 Å². The van der Waals surface area contributed by atoms with Crippen molar-refractivity contribution in [1.29, 1.82) is 0 Å². The number of rotatable bonds is 3. The summed E-state index contributed by atoms with van der Waals surface area (Å²) in [6, 6.07) is 6.24. The number of nitrogens with two attached hydrogens (primary N) is 1. The summed E-state index contributed by atoms with van der Waals surface area (Å²) < 4.78 is 5.35. The molecule has 0 saturated heterocycles. The van der Waals surface area contributed by atoms with Crippen molar-refractivity contribution in [3.63, 3.8) is 0 Å². The summed E-state index contributed by atoms with van der Waals surface area (Å²) in [7, 11) is 1.67. The number of methoxy groups -OCH3 is 1. The van der Waals surface area contributed by atoms with Gasteiger partial charge in [-0.1, -0.05) is 0 Å². The molecular weight excluding hydrogens is 214 g/mol. The highest BCUT2D eigenvalue weighted by Gasteiger charge is 2.22. The summed E-state index contributed by atoms with van der Waals surface area (Å²) in [5.74, 6) is 1.69. The zero-order chi connectivity index (χ0) is 11.8.